The quantitative estimate of drug-likeness (QED) is 0.344. The van der Waals surface area contributed by atoms with Crippen molar-refractivity contribution in [3.05, 3.63) is 82.9 Å². The van der Waals surface area contributed by atoms with Gasteiger partial charge in [0.25, 0.3) is 0 Å². The predicted molar refractivity (Wildman–Crippen MR) is 148 cm³/mol. The molecule has 0 spiro atoms. The molecule has 0 heterocycles. The summed E-state index contributed by atoms with van der Waals surface area (Å²) in [4.78, 5) is 2.12. The lowest BCUT2D eigenvalue weighted by Gasteiger charge is -2.29. The lowest BCUT2D eigenvalue weighted by atomic mass is 9.79. The third kappa shape index (κ3) is 6.73. The topological polar surface area (TPSA) is 54.0 Å². The van der Waals surface area contributed by atoms with Crippen molar-refractivity contribution in [1.29, 1.82) is 0 Å². The second-order valence-electron chi connectivity index (χ2n) is 10.1. The number of likely N-dealkylation sites (N-methyl/N-ethyl adjacent to an activating group) is 1. The average Bonchev–Trinajstić information content (AvgIpc) is 2.88. The van der Waals surface area contributed by atoms with Crippen LogP contribution in [-0.4, -0.2) is 50.4 Å². The maximum absolute atomic E-state index is 9.86. The molecule has 192 valence electrons. The van der Waals surface area contributed by atoms with Crippen molar-refractivity contribution in [3.8, 4) is 17.2 Å². The number of fused-ring (bicyclic) bond motifs is 1. The molecule has 3 aromatic carbocycles. The summed E-state index contributed by atoms with van der Waals surface area (Å²) in [6.07, 6.45) is 5.01. The summed E-state index contributed by atoms with van der Waals surface area (Å²) >= 11 is 0. The van der Waals surface area contributed by atoms with Gasteiger partial charge in [0.2, 0.25) is 0 Å². The van der Waals surface area contributed by atoms with Gasteiger partial charge in [0, 0.05) is 24.3 Å². The van der Waals surface area contributed by atoms with Crippen LogP contribution in [-0.2, 0) is 19.3 Å². The van der Waals surface area contributed by atoms with Crippen LogP contribution in [0.25, 0.3) is 0 Å². The van der Waals surface area contributed by atoms with E-state index in [2.05, 4.69) is 79.8 Å². The van der Waals surface area contributed by atoms with Crippen LogP contribution in [0.1, 0.15) is 47.9 Å². The van der Waals surface area contributed by atoms with Crippen molar-refractivity contribution >= 4 is 5.69 Å². The number of benzene rings is 3. The predicted octanol–water partition coefficient (Wildman–Crippen LogP) is 6.05. The maximum Gasteiger partial charge on any atom is 0.120 e. The van der Waals surface area contributed by atoms with Gasteiger partial charge in [-0.1, -0.05) is 31.2 Å². The summed E-state index contributed by atoms with van der Waals surface area (Å²) in [5, 5.41) is 13.7. The van der Waals surface area contributed by atoms with Crippen LogP contribution < -0.4 is 14.8 Å². The van der Waals surface area contributed by atoms with Gasteiger partial charge in [0.15, 0.2) is 0 Å². The first-order valence-corrected chi connectivity index (χ1v) is 13.1. The van der Waals surface area contributed by atoms with Crippen molar-refractivity contribution in [2.45, 2.75) is 51.0 Å². The highest BCUT2D eigenvalue weighted by molar-refractivity contribution is 5.58. The maximum atomic E-state index is 9.86. The fraction of sp³-hybridized carbons (Fsp3) is 0.419. The Morgan fingerprint density at radius 2 is 1.78 bits per heavy atom. The number of phenolic OH excluding ortho intramolecular Hbond substituents is 1. The van der Waals surface area contributed by atoms with Crippen LogP contribution >= 0.6 is 0 Å². The second-order valence-corrected chi connectivity index (χ2v) is 10.1. The molecule has 36 heavy (non-hydrogen) atoms. The lowest BCUT2D eigenvalue weighted by Crippen LogP contribution is -2.23. The molecule has 0 aromatic heterocycles. The second kappa shape index (κ2) is 12.2. The zero-order valence-electron chi connectivity index (χ0n) is 22.1. The first-order chi connectivity index (χ1) is 17.4. The van der Waals surface area contributed by atoms with Crippen LogP contribution in [0.3, 0.4) is 0 Å². The van der Waals surface area contributed by atoms with Gasteiger partial charge in [-0.3, -0.25) is 0 Å². The van der Waals surface area contributed by atoms with Gasteiger partial charge >= 0.3 is 0 Å². The van der Waals surface area contributed by atoms with E-state index in [1.165, 1.54) is 22.3 Å². The number of hydrogen-bond donors (Lipinski definition) is 2. The normalized spacial score (nSPS) is 15.9. The molecule has 0 saturated heterocycles. The Hall–Kier alpha value is -3.18. The molecule has 0 radical (unpaired) electrons. The van der Waals surface area contributed by atoms with Crippen LogP contribution in [0.5, 0.6) is 17.2 Å². The summed E-state index contributed by atoms with van der Waals surface area (Å²) < 4.78 is 11.4. The van der Waals surface area contributed by atoms with Crippen LogP contribution in [0.2, 0.25) is 0 Å². The number of methoxy groups -OCH3 is 1. The van der Waals surface area contributed by atoms with E-state index >= 15 is 0 Å². The molecule has 2 N–H and O–H groups in total. The molecule has 3 aromatic rings. The van der Waals surface area contributed by atoms with Crippen molar-refractivity contribution in [3.63, 3.8) is 0 Å². The molecule has 1 aliphatic rings. The van der Waals surface area contributed by atoms with E-state index < -0.39 is 0 Å². The summed E-state index contributed by atoms with van der Waals surface area (Å²) in [7, 11) is 5.83. The van der Waals surface area contributed by atoms with Gasteiger partial charge in [-0.15, -0.1) is 0 Å². The largest absolute Gasteiger partial charge is 0.508 e. The van der Waals surface area contributed by atoms with Gasteiger partial charge in [-0.25, -0.2) is 0 Å². The molecule has 0 aliphatic heterocycles. The Bertz CT molecular complexity index is 1130. The Kier molecular flexibility index (Phi) is 8.76. The van der Waals surface area contributed by atoms with E-state index in [0.717, 1.165) is 55.8 Å². The Morgan fingerprint density at radius 1 is 1.00 bits per heavy atom. The van der Waals surface area contributed by atoms with E-state index in [9.17, 15) is 5.11 Å². The van der Waals surface area contributed by atoms with E-state index in [4.69, 9.17) is 9.47 Å². The average molecular weight is 489 g/mol. The number of hydrogen-bond acceptors (Lipinski definition) is 5. The van der Waals surface area contributed by atoms with Crippen molar-refractivity contribution < 1.29 is 14.6 Å². The molecule has 0 saturated carbocycles. The van der Waals surface area contributed by atoms with Gasteiger partial charge in [0.1, 0.15) is 23.9 Å². The first-order valence-electron chi connectivity index (χ1n) is 13.1. The molecule has 0 bridgehead atoms. The smallest absolute Gasteiger partial charge is 0.120 e. The number of aromatic hydroxyl groups is 1. The van der Waals surface area contributed by atoms with E-state index in [0.29, 0.717) is 24.3 Å². The molecular weight excluding hydrogens is 448 g/mol. The Labute approximate surface area is 216 Å². The zero-order valence-corrected chi connectivity index (χ0v) is 22.1. The van der Waals surface area contributed by atoms with E-state index in [1.807, 2.05) is 6.07 Å². The molecule has 0 amide bonds. The summed E-state index contributed by atoms with van der Waals surface area (Å²) in [6.45, 7) is 3.83. The number of nitrogens with one attached hydrogen (secondary N) is 1. The SMILES string of the molecule is CCC(Cc1ccc(OCCN(C)C)cc1)Nc1cc(OC)ccc1C1CCc2cc(O)ccc2C1. The Morgan fingerprint density at radius 3 is 2.50 bits per heavy atom. The minimum absolute atomic E-state index is 0.309. The third-order valence-electron chi connectivity index (χ3n) is 7.18. The zero-order chi connectivity index (χ0) is 25.5. The molecule has 2 atom stereocenters. The number of aryl methyl sites for hydroxylation is 1. The molecule has 5 heteroatoms. The van der Waals surface area contributed by atoms with Crippen molar-refractivity contribution in [2.75, 3.05) is 39.7 Å². The number of rotatable bonds is 11. The fourth-order valence-corrected chi connectivity index (χ4v) is 5.02. The molecule has 1 aliphatic carbocycles. The highest BCUT2D eigenvalue weighted by Crippen LogP contribution is 2.39. The Balaban J connectivity index is 1.46. The monoisotopic (exact) mass is 488 g/mol. The van der Waals surface area contributed by atoms with E-state index in [-0.39, 0.29) is 0 Å². The minimum Gasteiger partial charge on any atom is -0.508 e. The molecule has 4 rings (SSSR count). The number of anilines is 1. The molecular formula is C31H40N2O3. The molecule has 5 nitrogen and oxygen atoms in total. The van der Waals surface area contributed by atoms with Gasteiger partial charge < -0.3 is 24.8 Å². The summed E-state index contributed by atoms with van der Waals surface area (Å²) in [5.74, 6) is 2.59. The summed E-state index contributed by atoms with van der Waals surface area (Å²) in [5.41, 5.74) is 6.42. The van der Waals surface area contributed by atoms with Crippen LogP contribution in [0.4, 0.5) is 5.69 Å². The third-order valence-corrected chi connectivity index (χ3v) is 7.18. The highest BCUT2D eigenvalue weighted by atomic mass is 16.5. The number of phenols is 1. The van der Waals surface area contributed by atoms with Crippen LogP contribution in [0.15, 0.2) is 60.7 Å². The van der Waals surface area contributed by atoms with Gasteiger partial charge in [-0.2, -0.15) is 0 Å². The molecule has 0 fully saturated rings. The van der Waals surface area contributed by atoms with Crippen molar-refractivity contribution in [2.24, 2.45) is 0 Å². The fourth-order valence-electron chi connectivity index (χ4n) is 5.02. The van der Waals surface area contributed by atoms with E-state index in [1.54, 1.807) is 13.2 Å². The summed E-state index contributed by atoms with van der Waals surface area (Å²) in [6, 6.07) is 21.1. The minimum atomic E-state index is 0.309. The highest BCUT2D eigenvalue weighted by Gasteiger charge is 2.24. The standard InChI is InChI=1S/C31H40N2O3/c1-5-26(18-22-6-12-28(13-7-22)36-17-16-33(2)3)32-31-21-29(35-4)14-15-30(31)25-9-8-24-20-27(34)11-10-23(24)19-25/h6-7,10-15,20-21,25-26,32,34H,5,8-9,16-19H2,1-4H3. The van der Waals surface area contributed by atoms with Gasteiger partial charge in [-0.05, 0) is 105 Å². The first kappa shape index (κ1) is 25.9. The van der Waals surface area contributed by atoms with Crippen LogP contribution in [0, 0.1) is 0 Å². The number of nitrogens with zero attached hydrogens (tertiary/aromatic N) is 1. The van der Waals surface area contributed by atoms with Gasteiger partial charge in [0.05, 0.1) is 7.11 Å². The van der Waals surface area contributed by atoms with Crippen molar-refractivity contribution in [1.82, 2.24) is 4.90 Å². The molecule has 2 unspecified atom stereocenters. The number of ether oxygens (including phenoxy) is 2. The lowest BCUT2D eigenvalue weighted by molar-refractivity contribution is 0.261.